The van der Waals surface area contributed by atoms with Gasteiger partial charge in [0.05, 0.1) is 5.69 Å². The zero-order valence-electron chi connectivity index (χ0n) is 14.3. The SMILES string of the molecule is c1ccc2c(c1)-c1c(sc3ccccc13)B1Nc3c(sc4ccccc34)N12. The second kappa shape index (κ2) is 4.94. The van der Waals surface area contributed by atoms with Crippen LogP contribution < -0.4 is 14.8 Å². The van der Waals surface area contributed by atoms with Gasteiger partial charge in [-0.2, -0.15) is 0 Å². The van der Waals surface area contributed by atoms with E-state index in [-0.39, 0.29) is 6.98 Å². The summed E-state index contributed by atoms with van der Waals surface area (Å²) in [5.74, 6) is 0. The molecule has 3 aromatic carbocycles. The van der Waals surface area contributed by atoms with Crippen LogP contribution in [0.5, 0.6) is 0 Å². The zero-order valence-corrected chi connectivity index (χ0v) is 15.9. The van der Waals surface area contributed by atoms with Crippen molar-refractivity contribution < 1.29 is 0 Å². The van der Waals surface area contributed by atoms with Crippen LogP contribution in [0, 0.1) is 0 Å². The molecule has 126 valence electrons. The summed E-state index contributed by atoms with van der Waals surface area (Å²) in [5.41, 5.74) is 5.32. The Morgan fingerprint density at radius 3 is 2.33 bits per heavy atom. The van der Waals surface area contributed by atoms with Crippen molar-refractivity contribution in [2.45, 2.75) is 0 Å². The zero-order chi connectivity index (χ0) is 17.5. The molecule has 2 aliphatic rings. The first-order valence-electron chi connectivity index (χ1n) is 9.08. The minimum atomic E-state index is 0.179. The van der Waals surface area contributed by atoms with Crippen molar-refractivity contribution in [1.29, 1.82) is 0 Å². The maximum absolute atomic E-state index is 3.86. The molecule has 2 aromatic heterocycles. The molecule has 0 saturated heterocycles. The van der Waals surface area contributed by atoms with E-state index in [4.69, 9.17) is 0 Å². The number of fused-ring (bicyclic) bond motifs is 12. The monoisotopic (exact) mass is 380 g/mol. The fourth-order valence-corrected chi connectivity index (χ4v) is 6.99. The minimum Gasteiger partial charge on any atom is -0.402 e. The maximum atomic E-state index is 3.86. The van der Waals surface area contributed by atoms with Crippen LogP contribution in [0.25, 0.3) is 31.3 Å². The van der Waals surface area contributed by atoms with Crippen LogP contribution in [-0.2, 0) is 0 Å². The highest BCUT2D eigenvalue weighted by molar-refractivity contribution is 7.32. The number of anilines is 3. The average molecular weight is 380 g/mol. The normalized spacial score (nSPS) is 14.1. The molecule has 0 spiro atoms. The molecule has 0 unspecified atom stereocenters. The lowest BCUT2D eigenvalue weighted by Crippen LogP contribution is -2.49. The first-order valence-corrected chi connectivity index (χ1v) is 10.7. The summed E-state index contributed by atoms with van der Waals surface area (Å²) >= 11 is 3.80. The Morgan fingerprint density at radius 2 is 1.44 bits per heavy atom. The van der Waals surface area contributed by atoms with E-state index >= 15 is 0 Å². The summed E-state index contributed by atoms with van der Waals surface area (Å²) in [5, 5.41) is 7.89. The molecule has 27 heavy (non-hydrogen) atoms. The van der Waals surface area contributed by atoms with Crippen LogP contribution in [0.2, 0.25) is 0 Å². The Balaban J connectivity index is 1.59. The number of nitrogens with one attached hydrogen (secondary N) is 1. The van der Waals surface area contributed by atoms with Gasteiger partial charge in [0.25, 0.3) is 0 Å². The molecule has 2 aliphatic heterocycles. The number of para-hydroxylation sites is 1. The summed E-state index contributed by atoms with van der Waals surface area (Å²) in [6, 6.07) is 26.3. The quantitative estimate of drug-likeness (QED) is 0.329. The lowest BCUT2D eigenvalue weighted by Gasteiger charge is -2.30. The fourth-order valence-electron chi connectivity index (χ4n) is 4.52. The van der Waals surface area contributed by atoms with Gasteiger partial charge in [-0.05, 0) is 23.6 Å². The van der Waals surface area contributed by atoms with Crippen molar-refractivity contribution in [3.05, 3.63) is 72.8 Å². The number of thiophene rings is 2. The molecule has 0 bridgehead atoms. The standard InChI is InChI=1S/C22H13BN2S2/c1-4-10-16-13(7-1)19-14-8-2-5-11-17(14)26-21(19)23-24-20-15-9-3-6-12-18(15)27-22(20)25(16)23/h1-12,24H. The van der Waals surface area contributed by atoms with Crippen LogP contribution in [-0.4, -0.2) is 6.98 Å². The molecule has 0 fully saturated rings. The highest BCUT2D eigenvalue weighted by atomic mass is 32.1. The van der Waals surface area contributed by atoms with Gasteiger partial charge in [0, 0.05) is 36.4 Å². The lowest BCUT2D eigenvalue weighted by atomic mass is 9.67. The fraction of sp³-hybridized carbons (Fsp3) is 0. The van der Waals surface area contributed by atoms with Crippen molar-refractivity contribution >= 4 is 71.0 Å². The highest BCUT2D eigenvalue weighted by Gasteiger charge is 2.45. The van der Waals surface area contributed by atoms with Crippen molar-refractivity contribution in [2.24, 2.45) is 0 Å². The van der Waals surface area contributed by atoms with Gasteiger partial charge in [-0.1, -0.05) is 54.6 Å². The van der Waals surface area contributed by atoms with Gasteiger partial charge in [-0.15, -0.1) is 22.7 Å². The Labute approximate surface area is 164 Å². The maximum Gasteiger partial charge on any atom is 0.425 e. The molecule has 5 aromatic rings. The number of rotatable bonds is 0. The van der Waals surface area contributed by atoms with E-state index in [0.717, 1.165) is 0 Å². The Morgan fingerprint density at radius 1 is 0.741 bits per heavy atom. The molecular formula is C22H13BN2S2. The number of benzene rings is 3. The van der Waals surface area contributed by atoms with E-state index in [0.29, 0.717) is 0 Å². The molecule has 1 N–H and O–H groups in total. The molecule has 4 heterocycles. The van der Waals surface area contributed by atoms with Gasteiger partial charge in [-0.3, -0.25) is 0 Å². The minimum absolute atomic E-state index is 0.179. The van der Waals surface area contributed by atoms with Gasteiger partial charge in [0.15, 0.2) is 0 Å². The Bertz CT molecular complexity index is 1380. The van der Waals surface area contributed by atoms with Gasteiger partial charge in [0.2, 0.25) is 0 Å². The van der Waals surface area contributed by atoms with E-state index in [1.54, 1.807) is 0 Å². The number of hydrogen-bond donors (Lipinski definition) is 1. The second-order valence-electron chi connectivity index (χ2n) is 7.05. The summed E-state index contributed by atoms with van der Waals surface area (Å²) in [4.78, 5) is 2.51. The van der Waals surface area contributed by atoms with Crippen molar-refractivity contribution in [2.75, 3.05) is 10.0 Å². The number of nitrogens with zero attached hydrogens (tertiary/aromatic N) is 1. The van der Waals surface area contributed by atoms with E-state index in [1.165, 1.54) is 52.5 Å². The molecule has 0 saturated carbocycles. The molecule has 5 heteroatoms. The smallest absolute Gasteiger partial charge is 0.402 e. The van der Waals surface area contributed by atoms with Crippen LogP contribution in [0.3, 0.4) is 0 Å². The van der Waals surface area contributed by atoms with E-state index in [1.807, 2.05) is 22.7 Å². The van der Waals surface area contributed by atoms with Crippen LogP contribution >= 0.6 is 22.7 Å². The third-order valence-electron chi connectivity index (χ3n) is 5.64. The summed E-state index contributed by atoms with van der Waals surface area (Å²) in [6.07, 6.45) is 0. The lowest BCUT2D eigenvalue weighted by molar-refractivity contribution is 1.45. The molecule has 7 rings (SSSR count). The van der Waals surface area contributed by atoms with Crippen molar-refractivity contribution in [3.63, 3.8) is 0 Å². The third-order valence-corrected chi connectivity index (χ3v) is 8.03. The summed E-state index contributed by atoms with van der Waals surface area (Å²) in [6.45, 7) is 0.179. The molecule has 0 aliphatic carbocycles. The van der Waals surface area contributed by atoms with Crippen LogP contribution in [0.1, 0.15) is 0 Å². The van der Waals surface area contributed by atoms with E-state index in [9.17, 15) is 0 Å². The van der Waals surface area contributed by atoms with E-state index < -0.39 is 0 Å². The Hall–Kier alpha value is -2.76. The first kappa shape index (κ1) is 14.3. The van der Waals surface area contributed by atoms with Gasteiger partial charge < -0.3 is 10.0 Å². The highest BCUT2D eigenvalue weighted by Crippen LogP contribution is 2.54. The van der Waals surface area contributed by atoms with Crippen molar-refractivity contribution in [3.8, 4) is 11.1 Å². The molecule has 0 amide bonds. The first-order chi connectivity index (χ1) is 13.4. The summed E-state index contributed by atoms with van der Waals surface area (Å²) in [7, 11) is 0. The van der Waals surface area contributed by atoms with Crippen molar-refractivity contribution in [1.82, 2.24) is 0 Å². The van der Waals surface area contributed by atoms with Crippen LogP contribution in [0.4, 0.5) is 16.4 Å². The molecule has 0 atom stereocenters. The number of hydrogen-bond acceptors (Lipinski definition) is 4. The topological polar surface area (TPSA) is 15.3 Å². The van der Waals surface area contributed by atoms with Gasteiger partial charge in [-0.25, -0.2) is 0 Å². The molecule has 0 radical (unpaired) electrons. The van der Waals surface area contributed by atoms with E-state index in [2.05, 4.69) is 82.8 Å². The Kier molecular flexibility index (Phi) is 2.62. The average Bonchev–Trinajstić information content (AvgIpc) is 3.37. The largest absolute Gasteiger partial charge is 0.425 e. The molecular weight excluding hydrogens is 367 g/mol. The second-order valence-corrected chi connectivity index (χ2v) is 9.16. The predicted molar refractivity (Wildman–Crippen MR) is 120 cm³/mol. The van der Waals surface area contributed by atoms with Gasteiger partial charge >= 0.3 is 6.98 Å². The molecule has 2 nitrogen and oxygen atoms in total. The predicted octanol–water partition coefficient (Wildman–Crippen LogP) is 6.06. The van der Waals surface area contributed by atoms with Crippen LogP contribution in [0.15, 0.2) is 72.8 Å². The third kappa shape index (κ3) is 1.71. The summed E-state index contributed by atoms with van der Waals surface area (Å²) < 4.78 is 4.12. The van der Waals surface area contributed by atoms with Gasteiger partial charge in [0.1, 0.15) is 5.00 Å².